The number of hydrogen-bond donors (Lipinski definition) is 0. The summed E-state index contributed by atoms with van der Waals surface area (Å²) in [5.41, 5.74) is 2.32. The van der Waals surface area contributed by atoms with Crippen LogP contribution in [0, 0.1) is 12.8 Å². The second-order valence-corrected chi connectivity index (χ2v) is 9.74. The van der Waals surface area contributed by atoms with Gasteiger partial charge in [-0.05, 0) is 50.5 Å². The molecule has 1 atom stereocenters. The van der Waals surface area contributed by atoms with Crippen molar-refractivity contribution in [1.29, 1.82) is 0 Å². The van der Waals surface area contributed by atoms with Crippen molar-refractivity contribution in [3.63, 3.8) is 0 Å². The predicted molar refractivity (Wildman–Crippen MR) is 109 cm³/mol. The summed E-state index contributed by atoms with van der Waals surface area (Å²) in [5, 5.41) is 10.9. The molecule has 8 heteroatoms. The Bertz CT molecular complexity index is 1030. The van der Waals surface area contributed by atoms with Gasteiger partial charge < -0.3 is 4.90 Å². The van der Waals surface area contributed by atoms with Crippen LogP contribution >= 0.6 is 23.1 Å². The maximum Gasteiger partial charge on any atom is 0.233 e. The molecule has 4 heterocycles. The summed E-state index contributed by atoms with van der Waals surface area (Å²) in [4.78, 5) is 21.7. The number of thiophene rings is 1. The number of aryl methyl sites for hydroxylation is 2. The van der Waals surface area contributed by atoms with Crippen LogP contribution in [0.3, 0.4) is 0 Å². The summed E-state index contributed by atoms with van der Waals surface area (Å²) in [5.74, 6) is 2.24. The highest BCUT2D eigenvalue weighted by Gasteiger charge is 2.25. The van der Waals surface area contributed by atoms with Crippen LogP contribution in [-0.2, 0) is 17.6 Å². The van der Waals surface area contributed by atoms with Gasteiger partial charge in [-0.3, -0.25) is 9.20 Å². The van der Waals surface area contributed by atoms with E-state index in [1.54, 1.807) is 0 Å². The molecule has 0 saturated carbocycles. The predicted octanol–water partition coefficient (Wildman–Crippen LogP) is 3.49. The van der Waals surface area contributed by atoms with Crippen LogP contribution in [-0.4, -0.2) is 49.2 Å². The van der Waals surface area contributed by atoms with Gasteiger partial charge in [-0.1, -0.05) is 18.7 Å². The first-order valence-electron chi connectivity index (χ1n) is 9.68. The molecular formula is C19H23N5OS2. The van der Waals surface area contributed by atoms with E-state index in [-0.39, 0.29) is 5.91 Å². The van der Waals surface area contributed by atoms with Crippen molar-refractivity contribution in [3.05, 3.63) is 16.3 Å². The Kier molecular flexibility index (Phi) is 4.35. The third kappa shape index (κ3) is 2.93. The summed E-state index contributed by atoms with van der Waals surface area (Å²) in [6.07, 6.45) is 5.70. The van der Waals surface area contributed by atoms with Crippen molar-refractivity contribution in [2.45, 2.75) is 51.1 Å². The van der Waals surface area contributed by atoms with E-state index in [9.17, 15) is 4.79 Å². The van der Waals surface area contributed by atoms with Gasteiger partial charge in [0.2, 0.25) is 5.91 Å². The first-order valence-corrected chi connectivity index (χ1v) is 11.5. The van der Waals surface area contributed by atoms with Crippen LogP contribution in [0.1, 0.15) is 42.5 Å². The fourth-order valence-corrected chi connectivity index (χ4v) is 6.55. The Hall–Kier alpha value is -1.67. The first kappa shape index (κ1) is 17.4. The van der Waals surface area contributed by atoms with Crippen LogP contribution in [0.2, 0.25) is 0 Å². The zero-order valence-electron chi connectivity index (χ0n) is 15.7. The largest absolute Gasteiger partial charge is 0.342 e. The number of aromatic nitrogens is 4. The molecule has 1 aliphatic carbocycles. The van der Waals surface area contributed by atoms with Crippen molar-refractivity contribution in [1.82, 2.24) is 24.5 Å². The van der Waals surface area contributed by atoms with Crippen LogP contribution in [0.25, 0.3) is 15.9 Å². The number of likely N-dealkylation sites (tertiary alicyclic amines) is 1. The SMILES string of the molecule is Cc1nc2sc3c(c2c2nnc(SCC(=O)N4CCCC4)n12)CC[C@@H](C)C3. The van der Waals surface area contributed by atoms with Crippen molar-refractivity contribution in [3.8, 4) is 0 Å². The zero-order valence-corrected chi connectivity index (χ0v) is 17.3. The van der Waals surface area contributed by atoms with E-state index in [4.69, 9.17) is 4.98 Å². The highest BCUT2D eigenvalue weighted by Crippen LogP contribution is 2.39. The van der Waals surface area contributed by atoms with Crippen molar-refractivity contribution < 1.29 is 4.79 Å². The smallest absolute Gasteiger partial charge is 0.233 e. The second kappa shape index (κ2) is 6.74. The first-order chi connectivity index (χ1) is 13.1. The molecule has 6 nitrogen and oxygen atoms in total. The minimum atomic E-state index is 0.197. The van der Waals surface area contributed by atoms with E-state index >= 15 is 0 Å². The van der Waals surface area contributed by atoms with Crippen LogP contribution in [0.4, 0.5) is 0 Å². The summed E-state index contributed by atoms with van der Waals surface area (Å²) < 4.78 is 2.04. The standard InChI is InChI=1S/C19H23N5OS2/c1-11-5-6-13-14(9-11)27-18-16(13)17-21-22-19(24(17)12(2)20-18)26-10-15(25)23-7-3-4-8-23/h11H,3-10H2,1-2H3/t11-/m1/s1. The molecule has 1 aliphatic heterocycles. The van der Waals surface area contributed by atoms with Gasteiger partial charge in [0, 0.05) is 18.0 Å². The Labute approximate surface area is 166 Å². The van der Waals surface area contributed by atoms with E-state index in [0.717, 1.165) is 66.1 Å². The number of fused-ring (bicyclic) bond motifs is 5. The van der Waals surface area contributed by atoms with Gasteiger partial charge in [-0.2, -0.15) is 0 Å². The van der Waals surface area contributed by atoms with Gasteiger partial charge in [0.15, 0.2) is 10.8 Å². The molecule has 3 aromatic rings. The molecule has 2 aliphatic rings. The summed E-state index contributed by atoms with van der Waals surface area (Å²) in [6, 6.07) is 0. The fraction of sp³-hybridized carbons (Fsp3) is 0.579. The fourth-order valence-electron chi connectivity index (χ4n) is 4.24. The number of rotatable bonds is 3. The molecule has 3 aromatic heterocycles. The molecule has 1 fully saturated rings. The Morgan fingerprint density at radius 3 is 2.93 bits per heavy atom. The Morgan fingerprint density at radius 1 is 1.30 bits per heavy atom. The van der Waals surface area contributed by atoms with E-state index in [2.05, 4.69) is 17.1 Å². The Morgan fingerprint density at radius 2 is 2.11 bits per heavy atom. The molecule has 0 N–H and O–H groups in total. The average Bonchev–Trinajstić information content (AvgIpc) is 3.37. The topological polar surface area (TPSA) is 63.4 Å². The van der Waals surface area contributed by atoms with Gasteiger partial charge in [0.25, 0.3) is 0 Å². The monoisotopic (exact) mass is 401 g/mol. The maximum atomic E-state index is 12.4. The van der Waals surface area contributed by atoms with E-state index in [1.807, 2.05) is 27.6 Å². The minimum Gasteiger partial charge on any atom is -0.342 e. The summed E-state index contributed by atoms with van der Waals surface area (Å²) in [6.45, 7) is 6.11. The number of thioether (sulfide) groups is 1. The van der Waals surface area contributed by atoms with Gasteiger partial charge in [-0.25, -0.2) is 4.98 Å². The molecule has 1 saturated heterocycles. The van der Waals surface area contributed by atoms with E-state index < -0.39 is 0 Å². The molecule has 27 heavy (non-hydrogen) atoms. The van der Waals surface area contributed by atoms with Gasteiger partial charge >= 0.3 is 0 Å². The third-order valence-electron chi connectivity index (χ3n) is 5.72. The summed E-state index contributed by atoms with van der Waals surface area (Å²) in [7, 11) is 0. The van der Waals surface area contributed by atoms with Crippen LogP contribution < -0.4 is 0 Å². The Balaban J connectivity index is 1.51. The zero-order chi connectivity index (χ0) is 18.5. The quantitative estimate of drug-likeness (QED) is 0.629. The lowest BCUT2D eigenvalue weighted by atomic mass is 9.89. The van der Waals surface area contributed by atoms with Crippen LogP contribution in [0.5, 0.6) is 0 Å². The number of carbonyl (C=O) groups excluding carboxylic acids is 1. The number of nitrogens with zero attached hydrogens (tertiary/aromatic N) is 5. The molecular weight excluding hydrogens is 378 g/mol. The van der Waals surface area contributed by atoms with Crippen molar-refractivity contribution >= 4 is 44.9 Å². The van der Waals surface area contributed by atoms with E-state index in [1.165, 1.54) is 34.0 Å². The average molecular weight is 402 g/mol. The molecule has 5 rings (SSSR count). The lowest BCUT2D eigenvalue weighted by Crippen LogP contribution is -2.29. The van der Waals surface area contributed by atoms with Gasteiger partial charge in [-0.15, -0.1) is 21.5 Å². The van der Waals surface area contributed by atoms with Gasteiger partial charge in [0.05, 0.1) is 11.1 Å². The normalized spacial score (nSPS) is 19.9. The molecule has 0 aromatic carbocycles. The van der Waals surface area contributed by atoms with E-state index in [0.29, 0.717) is 5.75 Å². The number of hydrogen-bond acceptors (Lipinski definition) is 6. The lowest BCUT2D eigenvalue weighted by Gasteiger charge is -2.17. The van der Waals surface area contributed by atoms with Gasteiger partial charge in [0.1, 0.15) is 10.7 Å². The number of carbonyl (C=O) groups is 1. The maximum absolute atomic E-state index is 12.4. The third-order valence-corrected chi connectivity index (χ3v) is 7.78. The lowest BCUT2D eigenvalue weighted by molar-refractivity contribution is -0.127. The van der Waals surface area contributed by atoms with Crippen LogP contribution in [0.15, 0.2) is 5.16 Å². The molecule has 0 spiro atoms. The highest BCUT2D eigenvalue weighted by atomic mass is 32.2. The highest BCUT2D eigenvalue weighted by molar-refractivity contribution is 7.99. The summed E-state index contributed by atoms with van der Waals surface area (Å²) >= 11 is 3.29. The molecule has 142 valence electrons. The molecule has 1 amide bonds. The molecule has 0 bridgehead atoms. The molecule has 0 radical (unpaired) electrons. The number of amides is 1. The second-order valence-electron chi connectivity index (χ2n) is 7.71. The minimum absolute atomic E-state index is 0.197. The van der Waals surface area contributed by atoms with Crippen molar-refractivity contribution in [2.75, 3.05) is 18.8 Å². The van der Waals surface area contributed by atoms with Crippen molar-refractivity contribution in [2.24, 2.45) is 5.92 Å². The molecule has 0 unspecified atom stereocenters.